The molecular weight excluding hydrogens is 208 g/mol. The molecule has 0 spiro atoms. The quantitative estimate of drug-likeness (QED) is 0.330. The summed E-state index contributed by atoms with van der Waals surface area (Å²) in [6, 6.07) is 6.33. The zero-order valence-corrected chi connectivity index (χ0v) is 8.89. The SMILES string of the molecule is C=CCNCCOc1ccccc1[N+](=O)[O-]. The van der Waals surface area contributed by atoms with E-state index in [1.54, 1.807) is 24.3 Å². The van der Waals surface area contributed by atoms with Gasteiger partial charge in [0.25, 0.3) is 0 Å². The molecule has 0 aliphatic carbocycles. The molecule has 1 aromatic carbocycles. The number of nitrogens with one attached hydrogen (secondary N) is 1. The lowest BCUT2D eigenvalue weighted by Gasteiger charge is -2.06. The van der Waals surface area contributed by atoms with Crippen LogP contribution in [0, 0.1) is 10.1 Å². The summed E-state index contributed by atoms with van der Waals surface area (Å²) in [6.07, 6.45) is 1.74. The molecule has 86 valence electrons. The highest BCUT2D eigenvalue weighted by Crippen LogP contribution is 2.25. The zero-order valence-electron chi connectivity index (χ0n) is 8.89. The van der Waals surface area contributed by atoms with Gasteiger partial charge in [0.05, 0.1) is 4.92 Å². The van der Waals surface area contributed by atoms with Crippen LogP contribution in [0.15, 0.2) is 36.9 Å². The molecule has 1 rings (SSSR count). The second kappa shape index (κ2) is 6.58. The van der Waals surface area contributed by atoms with E-state index >= 15 is 0 Å². The molecule has 0 aliphatic heterocycles. The van der Waals surface area contributed by atoms with E-state index in [0.29, 0.717) is 25.4 Å². The molecule has 16 heavy (non-hydrogen) atoms. The molecule has 0 bridgehead atoms. The van der Waals surface area contributed by atoms with Gasteiger partial charge < -0.3 is 10.1 Å². The summed E-state index contributed by atoms with van der Waals surface area (Å²) in [5.41, 5.74) is -0.00813. The Morgan fingerprint density at radius 3 is 2.94 bits per heavy atom. The van der Waals surface area contributed by atoms with Gasteiger partial charge in [-0.15, -0.1) is 6.58 Å². The number of ether oxygens (including phenoxy) is 1. The van der Waals surface area contributed by atoms with Gasteiger partial charge in [-0.05, 0) is 6.07 Å². The van der Waals surface area contributed by atoms with Crippen molar-refractivity contribution in [2.45, 2.75) is 0 Å². The van der Waals surface area contributed by atoms with Gasteiger partial charge in [-0.1, -0.05) is 18.2 Å². The van der Waals surface area contributed by atoms with E-state index in [-0.39, 0.29) is 5.69 Å². The Morgan fingerprint density at radius 2 is 2.25 bits per heavy atom. The Balaban J connectivity index is 2.47. The maximum atomic E-state index is 10.7. The van der Waals surface area contributed by atoms with Crippen molar-refractivity contribution in [3.8, 4) is 5.75 Å². The third-order valence-corrected chi connectivity index (χ3v) is 1.89. The Labute approximate surface area is 93.9 Å². The summed E-state index contributed by atoms with van der Waals surface area (Å²) < 4.78 is 5.31. The van der Waals surface area contributed by atoms with Gasteiger partial charge in [0.1, 0.15) is 6.61 Å². The number of benzene rings is 1. The smallest absolute Gasteiger partial charge is 0.310 e. The van der Waals surface area contributed by atoms with Crippen molar-refractivity contribution < 1.29 is 9.66 Å². The average Bonchev–Trinajstić information content (AvgIpc) is 2.29. The van der Waals surface area contributed by atoms with Crippen molar-refractivity contribution in [1.29, 1.82) is 0 Å². The van der Waals surface area contributed by atoms with Crippen LogP contribution in [0.2, 0.25) is 0 Å². The second-order valence-electron chi connectivity index (χ2n) is 3.07. The van der Waals surface area contributed by atoms with Gasteiger partial charge in [0, 0.05) is 19.2 Å². The first-order chi connectivity index (χ1) is 7.75. The molecule has 0 amide bonds. The predicted octanol–water partition coefficient (Wildman–Crippen LogP) is 1.75. The van der Waals surface area contributed by atoms with Crippen molar-refractivity contribution in [3.05, 3.63) is 47.0 Å². The molecule has 0 heterocycles. The fourth-order valence-electron chi connectivity index (χ4n) is 1.17. The van der Waals surface area contributed by atoms with Crippen LogP contribution in [0.25, 0.3) is 0 Å². The topological polar surface area (TPSA) is 64.4 Å². The van der Waals surface area contributed by atoms with Gasteiger partial charge in [0.15, 0.2) is 5.75 Å². The van der Waals surface area contributed by atoms with E-state index in [4.69, 9.17) is 4.74 Å². The summed E-state index contributed by atoms with van der Waals surface area (Å²) in [5, 5.41) is 13.7. The number of para-hydroxylation sites is 2. The van der Waals surface area contributed by atoms with Crippen molar-refractivity contribution >= 4 is 5.69 Å². The highest BCUT2D eigenvalue weighted by molar-refractivity contribution is 5.45. The predicted molar refractivity (Wildman–Crippen MR) is 61.7 cm³/mol. The molecule has 0 fully saturated rings. The maximum Gasteiger partial charge on any atom is 0.310 e. The number of hydrogen-bond acceptors (Lipinski definition) is 4. The highest BCUT2D eigenvalue weighted by atomic mass is 16.6. The molecule has 5 heteroatoms. The van der Waals surface area contributed by atoms with Crippen molar-refractivity contribution in [2.24, 2.45) is 0 Å². The summed E-state index contributed by atoms with van der Waals surface area (Å²) >= 11 is 0. The lowest BCUT2D eigenvalue weighted by atomic mass is 10.3. The van der Waals surface area contributed by atoms with E-state index in [2.05, 4.69) is 11.9 Å². The standard InChI is InChI=1S/C11H14N2O3/c1-2-7-12-8-9-16-11-6-4-3-5-10(11)13(14)15/h2-6,12H,1,7-9H2. The molecule has 0 atom stereocenters. The lowest BCUT2D eigenvalue weighted by molar-refractivity contribution is -0.385. The van der Waals surface area contributed by atoms with Crippen LogP contribution in [0.5, 0.6) is 5.75 Å². The minimum absolute atomic E-state index is 0.00813. The first kappa shape index (κ1) is 12.2. The zero-order chi connectivity index (χ0) is 11.8. The van der Waals surface area contributed by atoms with E-state index in [0.717, 1.165) is 0 Å². The number of nitro groups is 1. The van der Waals surface area contributed by atoms with Crippen LogP contribution in [0.1, 0.15) is 0 Å². The van der Waals surface area contributed by atoms with E-state index < -0.39 is 4.92 Å². The van der Waals surface area contributed by atoms with Crippen LogP contribution < -0.4 is 10.1 Å². The monoisotopic (exact) mass is 222 g/mol. The van der Waals surface area contributed by atoms with Crippen LogP contribution >= 0.6 is 0 Å². The fourth-order valence-corrected chi connectivity index (χ4v) is 1.17. The second-order valence-corrected chi connectivity index (χ2v) is 3.07. The lowest BCUT2D eigenvalue weighted by Crippen LogP contribution is -2.21. The molecule has 0 aliphatic rings. The Kier molecular flexibility index (Phi) is 5.01. The molecule has 0 radical (unpaired) electrons. The summed E-state index contributed by atoms with van der Waals surface area (Å²) in [7, 11) is 0. The van der Waals surface area contributed by atoms with Crippen molar-refractivity contribution in [1.82, 2.24) is 5.32 Å². The molecular formula is C11H14N2O3. The van der Waals surface area contributed by atoms with Crippen molar-refractivity contribution in [3.63, 3.8) is 0 Å². The minimum Gasteiger partial charge on any atom is -0.485 e. The molecule has 0 saturated carbocycles. The third-order valence-electron chi connectivity index (χ3n) is 1.89. The van der Waals surface area contributed by atoms with E-state index in [1.165, 1.54) is 6.07 Å². The van der Waals surface area contributed by atoms with Crippen LogP contribution in [-0.2, 0) is 0 Å². The summed E-state index contributed by atoms with van der Waals surface area (Å²) in [4.78, 5) is 10.2. The van der Waals surface area contributed by atoms with Crippen molar-refractivity contribution in [2.75, 3.05) is 19.7 Å². The minimum atomic E-state index is -0.452. The van der Waals surface area contributed by atoms with Crippen LogP contribution in [-0.4, -0.2) is 24.6 Å². The first-order valence-corrected chi connectivity index (χ1v) is 4.93. The number of nitro benzene ring substituents is 1. The van der Waals surface area contributed by atoms with Gasteiger partial charge >= 0.3 is 5.69 Å². The molecule has 1 aromatic rings. The molecule has 1 N–H and O–H groups in total. The Morgan fingerprint density at radius 1 is 1.50 bits per heavy atom. The van der Waals surface area contributed by atoms with Crippen LogP contribution in [0.3, 0.4) is 0 Å². The van der Waals surface area contributed by atoms with E-state index in [1.807, 2.05) is 0 Å². The Hall–Kier alpha value is -1.88. The van der Waals surface area contributed by atoms with Gasteiger partial charge in [-0.3, -0.25) is 10.1 Å². The van der Waals surface area contributed by atoms with Crippen LogP contribution in [0.4, 0.5) is 5.69 Å². The van der Waals surface area contributed by atoms with Gasteiger partial charge in [-0.25, -0.2) is 0 Å². The number of hydrogen-bond donors (Lipinski definition) is 1. The number of rotatable bonds is 7. The molecule has 0 saturated heterocycles. The normalized spacial score (nSPS) is 9.75. The highest BCUT2D eigenvalue weighted by Gasteiger charge is 2.12. The number of nitrogens with zero attached hydrogens (tertiary/aromatic N) is 1. The Bertz CT molecular complexity index is 366. The van der Waals surface area contributed by atoms with E-state index in [9.17, 15) is 10.1 Å². The average molecular weight is 222 g/mol. The fraction of sp³-hybridized carbons (Fsp3) is 0.273. The molecule has 5 nitrogen and oxygen atoms in total. The molecule has 0 unspecified atom stereocenters. The third kappa shape index (κ3) is 3.70. The van der Waals surface area contributed by atoms with Gasteiger partial charge in [-0.2, -0.15) is 0 Å². The maximum absolute atomic E-state index is 10.7. The largest absolute Gasteiger partial charge is 0.485 e. The summed E-state index contributed by atoms with van der Waals surface area (Å²) in [6.45, 7) is 5.27. The first-order valence-electron chi connectivity index (χ1n) is 4.93. The summed E-state index contributed by atoms with van der Waals surface area (Å²) in [5.74, 6) is 0.299. The van der Waals surface area contributed by atoms with Gasteiger partial charge in [0.2, 0.25) is 0 Å². The molecule has 0 aromatic heterocycles.